The van der Waals surface area contributed by atoms with Crippen molar-refractivity contribution >= 4 is 5.82 Å². The van der Waals surface area contributed by atoms with Crippen LogP contribution in [-0.4, -0.2) is 31.2 Å². The Kier molecular flexibility index (Phi) is 3.02. The highest BCUT2D eigenvalue weighted by Gasteiger charge is 2.20. The first-order chi connectivity index (χ1) is 8.33. The molecule has 0 radical (unpaired) electrons. The minimum absolute atomic E-state index is 0.802. The maximum Gasteiger partial charge on any atom is 0.128 e. The van der Waals surface area contributed by atoms with Crippen molar-refractivity contribution in [3.8, 4) is 0 Å². The molecular formula is C14H21N3. The van der Waals surface area contributed by atoms with Gasteiger partial charge in [-0.1, -0.05) is 6.07 Å². The second-order valence-electron chi connectivity index (χ2n) is 5.28. The van der Waals surface area contributed by atoms with Crippen LogP contribution < -0.4 is 10.2 Å². The molecule has 0 amide bonds. The molecule has 3 nitrogen and oxygen atoms in total. The van der Waals surface area contributed by atoms with E-state index in [0.29, 0.717) is 0 Å². The van der Waals surface area contributed by atoms with Crippen molar-refractivity contribution in [1.29, 1.82) is 0 Å². The van der Waals surface area contributed by atoms with Crippen LogP contribution in [0.5, 0.6) is 0 Å². The van der Waals surface area contributed by atoms with Crippen molar-refractivity contribution in [2.45, 2.75) is 38.1 Å². The van der Waals surface area contributed by atoms with E-state index >= 15 is 0 Å². The lowest BCUT2D eigenvalue weighted by atomic mass is 10.2. The Bertz CT molecular complexity index is 398. The van der Waals surface area contributed by atoms with E-state index in [0.717, 1.165) is 31.4 Å². The van der Waals surface area contributed by atoms with E-state index in [-0.39, 0.29) is 0 Å². The van der Waals surface area contributed by atoms with Crippen LogP contribution in [0, 0.1) is 0 Å². The molecule has 0 spiro atoms. The monoisotopic (exact) mass is 231 g/mol. The SMILES string of the molecule is CN(CCNC1CC1)c1ccc2c(n1)CCC2. The predicted molar refractivity (Wildman–Crippen MR) is 70.6 cm³/mol. The van der Waals surface area contributed by atoms with Gasteiger partial charge in [0, 0.05) is 31.9 Å². The van der Waals surface area contributed by atoms with Crippen molar-refractivity contribution in [3.05, 3.63) is 23.4 Å². The first kappa shape index (κ1) is 11.0. The highest BCUT2D eigenvalue weighted by Crippen LogP contribution is 2.23. The fraction of sp³-hybridized carbons (Fsp3) is 0.643. The lowest BCUT2D eigenvalue weighted by Gasteiger charge is -2.19. The van der Waals surface area contributed by atoms with Crippen molar-refractivity contribution in [2.24, 2.45) is 0 Å². The zero-order valence-corrected chi connectivity index (χ0v) is 10.6. The van der Waals surface area contributed by atoms with Crippen LogP contribution in [0.4, 0.5) is 5.82 Å². The lowest BCUT2D eigenvalue weighted by molar-refractivity contribution is 0.672. The first-order valence-corrected chi connectivity index (χ1v) is 6.76. The van der Waals surface area contributed by atoms with Gasteiger partial charge >= 0.3 is 0 Å². The number of aryl methyl sites for hydroxylation is 2. The van der Waals surface area contributed by atoms with Crippen LogP contribution in [0.3, 0.4) is 0 Å². The van der Waals surface area contributed by atoms with E-state index in [4.69, 9.17) is 4.98 Å². The van der Waals surface area contributed by atoms with Crippen molar-refractivity contribution < 1.29 is 0 Å². The van der Waals surface area contributed by atoms with E-state index < -0.39 is 0 Å². The molecule has 0 saturated heterocycles. The van der Waals surface area contributed by atoms with Crippen LogP contribution in [0.1, 0.15) is 30.5 Å². The standard InChI is InChI=1S/C14H21N3/c1-17(10-9-15-12-6-7-12)14-8-5-11-3-2-4-13(11)16-14/h5,8,12,15H,2-4,6-7,9-10H2,1H3. The smallest absolute Gasteiger partial charge is 0.128 e. The van der Waals surface area contributed by atoms with E-state index in [1.165, 1.54) is 36.9 Å². The molecule has 1 saturated carbocycles. The fourth-order valence-corrected chi connectivity index (χ4v) is 2.46. The number of rotatable bonds is 5. The third-order valence-corrected chi connectivity index (χ3v) is 3.76. The van der Waals surface area contributed by atoms with Gasteiger partial charge in [0.05, 0.1) is 0 Å². The van der Waals surface area contributed by atoms with E-state index in [1.54, 1.807) is 0 Å². The Labute approximate surface area is 103 Å². The number of pyridine rings is 1. The number of anilines is 1. The number of hydrogen-bond acceptors (Lipinski definition) is 3. The number of fused-ring (bicyclic) bond motifs is 1. The van der Waals surface area contributed by atoms with Crippen molar-refractivity contribution in [2.75, 3.05) is 25.0 Å². The molecule has 0 bridgehead atoms. The maximum atomic E-state index is 4.76. The summed E-state index contributed by atoms with van der Waals surface area (Å²) in [4.78, 5) is 7.02. The van der Waals surface area contributed by atoms with Crippen LogP contribution in [0.25, 0.3) is 0 Å². The average molecular weight is 231 g/mol. The molecule has 1 aromatic rings. The number of nitrogens with one attached hydrogen (secondary N) is 1. The van der Waals surface area contributed by atoms with E-state index in [9.17, 15) is 0 Å². The van der Waals surface area contributed by atoms with Crippen LogP contribution in [0.2, 0.25) is 0 Å². The Morgan fingerprint density at radius 1 is 1.35 bits per heavy atom. The summed E-state index contributed by atoms with van der Waals surface area (Å²) in [7, 11) is 2.14. The van der Waals surface area contributed by atoms with Crippen molar-refractivity contribution in [3.63, 3.8) is 0 Å². The number of aromatic nitrogens is 1. The molecule has 0 aromatic carbocycles. The summed E-state index contributed by atoms with van der Waals surface area (Å²) < 4.78 is 0. The molecule has 1 N–H and O–H groups in total. The summed E-state index contributed by atoms with van der Waals surface area (Å²) in [6.45, 7) is 2.11. The van der Waals surface area contributed by atoms with Gasteiger partial charge in [0.15, 0.2) is 0 Å². The predicted octanol–water partition coefficient (Wildman–Crippen LogP) is 1.76. The summed E-state index contributed by atoms with van der Waals surface area (Å²) in [5, 5.41) is 3.54. The van der Waals surface area contributed by atoms with E-state index in [2.05, 4.69) is 29.4 Å². The Balaban J connectivity index is 1.58. The van der Waals surface area contributed by atoms with Gasteiger partial charge in [0.2, 0.25) is 0 Å². The molecule has 1 heterocycles. The van der Waals surface area contributed by atoms with Gasteiger partial charge < -0.3 is 10.2 Å². The molecule has 92 valence electrons. The molecule has 0 atom stereocenters. The quantitative estimate of drug-likeness (QED) is 0.837. The summed E-state index contributed by atoms with van der Waals surface area (Å²) >= 11 is 0. The molecule has 2 aliphatic carbocycles. The summed E-state index contributed by atoms with van der Waals surface area (Å²) in [6.07, 6.45) is 6.38. The minimum Gasteiger partial charge on any atom is -0.358 e. The highest BCUT2D eigenvalue weighted by molar-refractivity contribution is 5.42. The topological polar surface area (TPSA) is 28.2 Å². The number of likely N-dealkylation sites (N-methyl/N-ethyl adjacent to an activating group) is 1. The molecular weight excluding hydrogens is 210 g/mol. The number of nitrogens with zero attached hydrogens (tertiary/aromatic N) is 2. The molecule has 1 aromatic heterocycles. The largest absolute Gasteiger partial charge is 0.358 e. The van der Waals surface area contributed by atoms with Gasteiger partial charge in [-0.3, -0.25) is 0 Å². The normalized spacial score (nSPS) is 18.2. The van der Waals surface area contributed by atoms with Gasteiger partial charge in [-0.2, -0.15) is 0 Å². The zero-order valence-electron chi connectivity index (χ0n) is 10.6. The molecule has 0 unspecified atom stereocenters. The lowest BCUT2D eigenvalue weighted by Crippen LogP contribution is -2.30. The van der Waals surface area contributed by atoms with Crippen LogP contribution in [-0.2, 0) is 12.8 Å². The Morgan fingerprint density at radius 2 is 2.24 bits per heavy atom. The molecule has 1 fully saturated rings. The summed E-state index contributed by atoms with van der Waals surface area (Å²) in [5.41, 5.74) is 2.78. The van der Waals surface area contributed by atoms with Crippen LogP contribution >= 0.6 is 0 Å². The summed E-state index contributed by atoms with van der Waals surface area (Å²) in [5.74, 6) is 1.13. The second kappa shape index (κ2) is 4.65. The Morgan fingerprint density at radius 3 is 3.06 bits per heavy atom. The second-order valence-corrected chi connectivity index (χ2v) is 5.28. The molecule has 0 aliphatic heterocycles. The van der Waals surface area contributed by atoms with Gasteiger partial charge in [-0.25, -0.2) is 4.98 Å². The fourth-order valence-electron chi connectivity index (χ4n) is 2.46. The summed E-state index contributed by atoms with van der Waals surface area (Å²) in [6, 6.07) is 5.23. The highest BCUT2D eigenvalue weighted by atomic mass is 15.2. The minimum atomic E-state index is 0.802. The molecule has 3 rings (SSSR count). The van der Waals surface area contributed by atoms with Gasteiger partial charge in [-0.05, 0) is 43.7 Å². The molecule has 2 aliphatic rings. The molecule has 17 heavy (non-hydrogen) atoms. The Hall–Kier alpha value is -1.09. The van der Waals surface area contributed by atoms with Crippen LogP contribution in [0.15, 0.2) is 12.1 Å². The number of hydrogen-bond donors (Lipinski definition) is 1. The van der Waals surface area contributed by atoms with Gasteiger partial charge in [0.1, 0.15) is 5.82 Å². The zero-order chi connectivity index (χ0) is 11.7. The third-order valence-electron chi connectivity index (χ3n) is 3.76. The van der Waals surface area contributed by atoms with Crippen molar-refractivity contribution in [1.82, 2.24) is 10.3 Å². The maximum absolute atomic E-state index is 4.76. The first-order valence-electron chi connectivity index (χ1n) is 6.76. The van der Waals surface area contributed by atoms with Gasteiger partial charge in [0.25, 0.3) is 0 Å². The van der Waals surface area contributed by atoms with Gasteiger partial charge in [-0.15, -0.1) is 0 Å². The third kappa shape index (κ3) is 2.60. The molecule has 3 heteroatoms. The van der Waals surface area contributed by atoms with E-state index in [1.807, 2.05) is 0 Å². The average Bonchev–Trinajstić information content (AvgIpc) is 3.04.